The highest BCUT2D eigenvalue weighted by atomic mass is 15.1. The second kappa shape index (κ2) is 8.61. The summed E-state index contributed by atoms with van der Waals surface area (Å²) in [6.45, 7) is 16.8. The van der Waals surface area contributed by atoms with Crippen molar-refractivity contribution in [2.45, 2.75) is 40.7 Å². The van der Waals surface area contributed by atoms with Crippen LogP contribution in [0.25, 0.3) is 5.57 Å². The molecule has 0 saturated heterocycles. The normalized spacial score (nSPS) is 11.8. The zero-order valence-electron chi connectivity index (χ0n) is 14.7. The summed E-state index contributed by atoms with van der Waals surface area (Å²) in [6, 6.07) is 10.9. The summed E-state index contributed by atoms with van der Waals surface area (Å²) in [5, 5.41) is 0. The summed E-state index contributed by atoms with van der Waals surface area (Å²) >= 11 is 0. The zero-order chi connectivity index (χ0) is 16.6. The molecular formula is C21H29N. The Kier molecular flexibility index (Phi) is 7.15. The molecule has 0 bridgehead atoms. The van der Waals surface area contributed by atoms with Crippen LogP contribution in [0.15, 0.2) is 49.1 Å². The highest BCUT2D eigenvalue weighted by Crippen LogP contribution is 2.14. The number of allylic oxidation sites excluding steroid dienone is 1. The molecule has 0 radical (unpaired) electrons. The number of benzene rings is 1. The number of hydrogen-bond acceptors (Lipinski definition) is 1. The van der Waals surface area contributed by atoms with Gasteiger partial charge in [0, 0.05) is 24.5 Å². The SMILES string of the molecule is C=C(CN(CC=CC#CC(C)(C)C)C(C)C)c1ccccc1. The van der Waals surface area contributed by atoms with Crippen molar-refractivity contribution in [2.24, 2.45) is 5.41 Å². The Bertz CT molecular complexity index is 547. The van der Waals surface area contributed by atoms with Crippen molar-refractivity contribution >= 4 is 5.57 Å². The van der Waals surface area contributed by atoms with E-state index in [1.54, 1.807) is 0 Å². The Labute approximate surface area is 136 Å². The van der Waals surface area contributed by atoms with Crippen LogP contribution in [0.4, 0.5) is 0 Å². The number of nitrogens with zero attached hydrogens (tertiary/aromatic N) is 1. The van der Waals surface area contributed by atoms with Crippen LogP contribution in [0.1, 0.15) is 40.2 Å². The van der Waals surface area contributed by atoms with Crippen molar-refractivity contribution in [1.29, 1.82) is 0 Å². The van der Waals surface area contributed by atoms with E-state index >= 15 is 0 Å². The molecule has 0 heterocycles. The molecule has 0 aromatic heterocycles. The third kappa shape index (κ3) is 7.29. The minimum Gasteiger partial charge on any atom is -0.293 e. The van der Waals surface area contributed by atoms with E-state index in [9.17, 15) is 0 Å². The number of hydrogen-bond donors (Lipinski definition) is 0. The highest BCUT2D eigenvalue weighted by Gasteiger charge is 2.10. The summed E-state index contributed by atoms with van der Waals surface area (Å²) in [5.74, 6) is 6.34. The van der Waals surface area contributed by atoms with Gasteiger partial charge in [-0.15, -0.1) is 0 Å². The molecule has 1 aromatic rings. The molecule has 0 aliphatic carbocycles. The van der Waals surface area contributed by atoms with E-state index in [-0.39, 0.29) is 5.41 Å². The Morgan fingerprint density at radius 1 is 1.23 bits per heavy atom. The first-order chi connectivity index (χ1) is 10.3. The molecule has 1 rings (SSSR count). The molecule has 0 fully saturated rings. The van der Waals surface area contributed by atoms with Gasteiger partial charge in [0.1, 0.15) is 0 Å². The maximum absolute atomic E-state index is 4.23. The van der Waals surface area contributed by atoms with Gasteiger partial charge < -0.3 is 0 Å². The second-order valence-electron chi connectivity index (χ2n) is 6.91. The van der Waals surface area contributed by atoms with E-state index in [1.165, 1.54) is 5.56 Å². The smallest absolute Gasteiger partial charge is 0.0239 e. The minimum absolute atomic E-state index is 0.0592. The molecule has 22 heavy (non-hydrogen) atoms. The van der Waals surface area contributed by atoms with Gasteiger partial charge in [0.2, 0.25) is 0 Å². The minimum atomic E-state index is 0.0592. The van der Waals surface area contributed by atoms with Crippen LogP contribution in [0.3, 0.4) is 0 Å². The van der Waals surface area contributed by atoms with Crippen LogP contribution in [0.2, 0.25) is 0 Å². The summed E-state index contributed by atoms with van der Waals surface area (Å²) in [6.07, 6.45) is 4.10. The fraction of sp³-hybridized carbons (Fsp3) is 0.429. The highest BCUT2D eigenvalue weighted by molar-refractivity contribution is 5.64. The Morgan fingerprint density at radius 3 is 2.41 bits per heavy atom. The summed E-state index contributed by atoms with van der Waals surface area (Å²) in [4.78, 5) is 2.39. The van der Waals surface area contributed by atoms with Gasteiger partial charge in [0.15, 0.2) is 0 Å². The first-order valence-electron chi connectivity index (χ1n) is 7.94. The summed E-state index contributed by atoms with van der Waals surface area (Å²) < 4.78 is 0. The molecule has 0 spiro atoms. The molecule has 0 atom stereocenters. The Hall–Kier alpha value is -1.78. The van der Waals surface area contributed by atoms with Gasteiger partial charge in [-0.3, -0.25) is 4.90 Å². The molecule has 1 aromatic carbocycles. The largest absolute Gasteiger partial charge is 0.293 e. The third-order valence-corrected chi connectivity index (χ3v) is 3.29. The molecule has 0 saturated carbocycles. The van der Waals surface area contributed by atoms with E-state index in [0.29, 0.717) is 6.04 Å². The monoisotopic (exact) mass is 295 g/mol. The first-order valence-corrected chi connectivity index (χ1v) is 7.94. The average molecular weight is 295 g/mol. The molecule has 0 unspecified atom stereocenters. The molecular weight excluding hydrogens is 266 g/mol. The lowest BCUT2D eigenvalue weighted by Crippen LogP contribution is -2.32. The standard InChI is InChI=1S/C21H29N/c1-18(2)22(16-12-8-11-15-21(4,5)6)17-19(3)20-13-9-7-10-14-20/h7-10,12-14,18H,3,16-17H2,1-2,4-6H3. The van der Waals surface area contributed by atoms with Crippen molar-refractivity contribution in [3.8, 4) is 11.8 Å². The van der Waals surface area contributed by atoms with Gasteiger partial charge in [-0.1, -0.05) is 54.8 Å². The van der Waals surface area contributed by atoms with Crippen molar-refractivity contribution in [3.63, 3.8) is 0 Å². The lowest BCUT2D eigenvalue weighted by molar-refractivity contribution is 0.277. The molecule has 118 valence electrons. The third-order valence-electron chi connectivity index (χ3n) is 3.29. The van der Waals surface area contributed by atoms with Gasteiger partial charge in [-0.2, -0.15) is 0 Å². The lowest BCUT2D eigenvalue weighted by Gasteiger charge is -2.26. The van der Waals surface area contributed by atoms with E-state index in [1.807, 2.05) is 12.1 Å². The molecule has 0 aliphatic rings. The predicted molar refractivity (Wildman–Crippen MR) is 98.6 cm³/mol. The Balaban J connectivity index is 2.61. The maximum Gasteiger partial charge on any atom is 0.0239 e. The Morgan fingerprint density at radius 2 is 1.86 bits per heavy atom. The van der Waals surface area contributed by atoms with Gasteiger partial charge in [0.25, 0.3) is 0 Å². The molecule has 0 aliphatic heterocycles. The van der Waals surface area contributed by atoms with Gasteiger partial charge in [-0.25, -0.2) is 0 Å². The summed E-state index contributed by atoms with van der Waals surface area (Å²) in [5.41, 5.74) is 2.43. The molecule has 0 amide bonds. The number of rotatable bonds is 6. The molecule has 1 nitrogen and oxygen atoms in total. The summed E-state index contributed by atoms with van der Waals surface area (Å²) in [7, 11) is 0. The first kappa shape index (κ1) is 18.3. The topological polar surface area (TPSA) is 3.24 Å². The fourth-order valence-corrected chi connectivity index (χ4v) is 1.97. The quantitative estimate of drug-likeness (QED) is 0.666. The van der Waals surface area contributed by atoms with E-state index in [0.717, 1.165) is 18.7 Å². The van der Waals surface area contributed by atoms with Crippen molar-refractivity contribution < 1.29 is 0 Å². The van der Waals surface area contributed by atoms with E-state index in [2.05, 4.69) is 88.3 Å². The van der Waals surface area contributed by atoms with Crippen LogP contribution in [-0.4, -0.2) is 24.0 Å². The van der Waals surface area contributed by atoms with Gasteiger partial charge in [-0.05, 0) is 51.8 Å². The van der Waals surface area contributed by atoms with Crippen molar-refractivity contribution in [3.05, 3.63) is 54.6 Å². The fourth-order valence-electron chi connectivity index (χ4n) is 1.97. The zero-order valence-corrected chi connectivity index (χ0v) is 14.7. The van der Waals surface area contributed by atoms with Crippen molar-refractivity contribution in [1.82, 2.24) is 4.90 Å². The average Bonchev–Trinajstić information content (AvgIpc) is 2.45. The van der Waals surface area contributed by atoms with Crippen LogP contribution in [0, 0.1) is 17.3 Å². The molecule has 0 N–H and O–H groups in total. The molecule has 1 heteroatoms. The van der Waals surface area contributed by atoms with Crippen LogP contribution in [0.5, 0.6) is 0 Å². The predicted octanol–water partition coefficient (Wildman–Crippen LogP) is 5.02. The van der Waals surface area contributed by atoms with Gasteiger partial charge in [0.05, 0.1) is 0 Å². The van der Waals surface area contributed by atoms with Crippen LogP contribution < -0.4 is 0 Å². The van der Waals surface area contributed by atoms with E-state index in [4.69, 9.17) is 0 Å². The maximum atomic E-state index is 4.23. The van der Waals surface area contributed by atoms with E-state index < -0.39 is 0 Å². The van der Waals surface area contributed by atoms with Crippen molar-refractivity contribution in [2.75, 3.05) is 13.1 Å². The van der Waals surface area contributed by atoms with Crippen LogP contribution >= 0.6 is 0 Å². The van der Waals surface area contributed by atoms with Gasteiger partial charge >= 0.3 is 0 Å². The lowest BCUT2D eigenvalue weighted by atomic mass is 9.98. The van der Waals surface area contributed by atoms with Crippen LogP contribution in [-0.2, 0) is 0 Å². The second-order valence-corrected chi connectivity index (χ2v) is 6.91.